The molecule has 0 radical (unpaired) electrons. The Morgan fingerprint density at radius 2 is 1.50 bits per heavy atom. The quantitative estimate of drug-likeness (QED) is 0.241. The van der Waals surface area contributed by atoms with Crippen LogP contribution >= 0.6 is 89.9 Å². The third-order valence-electron chi connectivity index (χ3n) is 4.59. The number of carbonyl (C=O) groups is 1. The lowest BCUT2D eigenvalue weighted by atomic mass is 9.76. The van der Waals surface area contributed by atoms with Gasteiger partial charge in [0.1, 0.15) is 11.5 Å². The number of benzene rings is 2. The normalized spacial score (nSPS) is 20.4. The van der Waals surface area contributed by atoms with Gasteiger partial charge in [-0.05, 0) is 34.1 Å². The van der Waals surface area contributed by atoms with Crippen LogP contribution in [-0.2, 0) is 4.79 Å². The van der Waals surface area contributed by atoms with E-state index in [0.29, 0.717) is 21.5 Å². The molecule has 0 amide bonds. The predicted octanol–water partition coefficient (Wildman–Crippen LogP) is 8.64. The van der Waals surface area contributed by atoms with E-state index in [0.717, 1.165) is 10.0 Å². The molecule has 0 N–H and O–H groups in total. The summed E-state index contributed by atoms with van der Waals surface area (Å²) in [5.74, 6) is 0.164. The van der Waals surface area contributed by atoms with Crippen LogP contribution in [0.25, 0.3) is 0 Å². The van der Waals surface area contributed by atoms with Gasteiger partial charge in [-0.25, -0.2) is 0 Å². The van der Waals surface area contributed by atoms with Gasteiger partial charge in [0.15, 0.2) is 5.78 Å². The molecule has 144 valence electrons. The Kier molecular flexibility index (Phi) is 5.87. The summed E-state index contributed by atoms with van der Waals surface area (Å²) >= 11 is 39.0. The summed E-state index contributed by atoms with van der Waals surface area (Å²) in [5, 5.41) is 0.752. The maximum atomic E-state index is 11.9. The molecule has 0 aromatic heterocycles. The first-order valence-corrected chi connectivity index (χ1v) is 11.3. The number of ketones is 1. The van der Waals surface area contributed by atoms with Gasteiger partial charge in [-0.15, -0.1) is 0 Å². The van der Waals surface area contributed by atoms with Gasteiger partial charge in [0.05, 0.1) is 29.6 Å². The van der Waals surface area contributed by atoms with E-state index in [-0.39, 0.29) is 36.8 Å². The molecule has 2 aliphatic rings. The Morgan fingerprint density at radius 1 is 0.893 bits per heavy atom. The smallest absolute Gasteiger partial charge is 0.181 e. The van der Waals surface area contributed by atoms with Crippen LogP contribution in [0.3, 0.4) is 0 Å². The molecule has 1 heterocycles. The van der Waals surface area contributed by atoms with Crippen LogP contribution in [0.15, 0.2) is 45.1 Å². The lowest BCUT2D eigenvalue weighted by Crippen LogP contribution is -2.27. The minimum atomic E-state index is -0.402. The second kappa shape index (κ2) is 7.81. The number of hydrogen-bond acceptors (Lipinski definition) is 2. The van der Waals surface area contributed by atoms with Crippen molar-refractivity contribution in [1.82, 2.24) is 0 Å². The van der Waals surface area contributed by atoms with Crippen molar-refractivity contribution in [2.24, 2.45) is 5.92 Å². The van der Waals surface area contributed by atoms with Gasteiger partial charge in [-0.2, -0.15) is 0 Å². The molecule has 2 unspecified atom stereocenters. The summed E-state index contributed by atoms with van der Waals surface area (Å²) in [4.78, 5) is 11.9. The number of fused-ring (bicyclic) bond motifs is 2. The molecule has 4 rings (SSSR count). The topological polar surface area (TPSA) is 26.3 Å². The highest BCUT2D eigenvalue weighted by Crippen LogP contribution is 2.56. The van der Waals surface area contributed by atoms with E-state index in [1.54, 1.807) is 6.08 Å². The zero-order valence-electron chi connectivity index (χ0n) is 13.5. The monoisotopic (exact) mass is 600 g/mol. The van der Waals surface area contributed by atoms with Gasteiger partial charge in [0.25, 0.3) is 0 Å². The Balaban J connectivity index is 2.08. The molecule has 2 aromatic carbocycles. The Morgan fingerprint density at radius 3 is 2.14 bits per heavy atom. The molecule has 0 fully saturated rings. The summed E-state index contributed by atoms with van der Waals surface area (Å²) in [6, 6.07) is 3.76. The van der Waals surface area contributed by atoms with Crippen LogP contribution in [0.4, 0.5) is 0 Å². The largest absolute Gasteiger partial charge is 0.459 e. The van der Waals surface area contributed by atoms with E-state index in [2.05, 4.69) is 31.9 Å². The van der Waals surface area contributed by atoms with Crippen molar-refractivity contribution in [3.05, 3.63) is 81.3 Å². The number of carbonyl (C=O) groups excluding carboxylic acids is 1. The second-order valence-corrected chi connectivity index (χ2v) is 9.86. The van der Waals surface area contributed by atoms with Crippen molar-refractivity contribution in [1.29, 1.82) is 0 Å². The van der Waals surface area contributed by atoms with Gasteiger partial charge in [0.2, 0.25) is 0 Å². The fourth-order valence-corrected chi connectivity index (χ4v) is 6.14. The molecular weight excluding hydrogens is 597 g/mol. The van der Waals surface area contributed by atoms with Crippen LogP contribution in [0.5, 0.6) is 5.75 Å². The predicted molar refractivity (Wildman–Crippen MR) is 122 cm³/mol. The summed E-state index contributed by atoms with van der Waals surface area (Å²) in [5.41, 5.74) is 1.33. The van der Waals surface area contributed by atoms with Crippen LogP contribution in [-0.4, -0.2) is 5.78 Å². The third kappa shape index (κ3) is 3.35. The summed E-state index contributed by atoms with van der Waals surface area (Å²) in [6.45, 7) is 0. The first-order chi connectivity index (χ1) is 13.2. The standard InChI is InChI=1S/C19H7Br2Cl5O2/c20-6-3-9-12(13-14(22)16(24)18(26)17(25)15(13)23)8-2-1-7(27)5-11(8)28-19(9)10(21)4-6/h1-5,8,12H. The molecule has 1 aliphatic carbocycles. The van der Waals surface area contributed by atoms with E-state index in [9.17, 15) is 4.79 Å². The highest BCUT2D eigenvalue weighted by Gasteiger charge is 2.40. The van der Waals surface area contributed by atoms with Gasteiger partial charge < -0.3 is 4.74 Å². The molecule has 28 heavy (non-hydrogen) atoms. The molecule has 1 aliphatic heterocycles. The van der Waals surface area contributed by atoms with E-state index in [4.69, 9.17) is 62.7 Å². The maximum Gasteiger partial charge on any atom is 0.181 e. The summed E-state index contributed by atoms with van der Waals surface area (Å²) in [7, 11) is 0. The highest BCUT2D eigenvalue weighted by molar-refractivity contribution is 9.11. The van der Waals surface area contributed by atoms with E-state index in [1.807, 2.05) is 12.1 Å². The van der Waals surface area contributed by atoms with Crippen LogP contribution in [0.2, 0.25) is 25.1 Å². The molecule has 9 heteroatoms. The molecule has 2 nitrogen and oxygen atoms in total. The first-order valence-electron chi connectivity index (χ1n) is 7.82. The number of allylic oxidation sites excluding steroid dienone is 3. The second-order valence-electron chi connectivity index (χ2n) is 6.20. The number of rotatable bonds is 1. The fourth-order valence-electron chi connectivity index (χ4n) is 3.41. The van der Waals surface area contributed by atoms with Crippen LogP contribution in [0.1, 0.15) is 17.0 Å². The third-order valence-corrected chi connectivity index (χ3v) is 7.94. The summed E-state index contributed by atoms with van der Waals surface area (Å²) < 4.78 is 7.59. The molecule has 2 aromatic rings. The molecule has 0 spiro atoms. The Labute approximate surface area is 202 Å². The lowest BCUT2D eigenvalue weighted by Gasteiger charge is -2.36. The van der Waals surface area contributed by atoms with Crippen molar-refractivity contribution in [3.63, 3.8) is 0 Å². The minimum Gasteiger partial charge on any atom is -0.459 e. The summed E-state index contributed by atoms with van der Waals surface area (Å²) in [6.07, 6.45) is 4.71. The fraction of sp³-hybridized carbons (Fsp3) is 0.105. The van der Waals surface area contributed by atoms with Crippen LogP contribution in [0, 0.1) is 5.92 Å². The zero-order chi connectivity index (χ0) is 20.3. The molecule has 0 saturated carbocycles. The Bertz CT molecular complexity index is 1080. The van der Waals surface area contributed by atoms with Gasteiger partial charge in [0, 0.05) is 33.5 Å². The molecular formula is C19H7Br2Cl5O2. The van der Waals surface area contributed by atoms with Gasteiger partial charge >= 0.3 is 0 Å². The zero-order valence-corrected chi connectivity index (χ0v) is 20.5. The molecule has 0 bridgehead atoms. The van der Waals surface area contributed by atoms with E-state index in [1.165, 1.54) is 12.2 Å². The maximum absolute atomic E-state index is 11.9. The van der Waals surface area contributed by atoms with Crippen molar-refractivity contribution in [3.8, 4) is 5.75 Å². The van der Waals surface area contributed by atoms with Crippen molar-refractivity contribution in [2.75, 3.05) is 0 Å². The molecule has 2 atom stereocenters. The van der Waals surface area contributed by atoms with E-state index >= 15 is 0 Å². The van der Waals surface area contributed by atoms with Crippen molar-refractivity contribution >= 4 is 95.6 Å². The number of halogens is 7. The van der Waals surface area contributed by atoms with Gasteiger partial charge in [-0.1, -0.05) is 80.0 Å². The first kappa shape index (κ1) is 21.0. The number of hydrogen-bond donors (Lipinski definition) is 0. The van der Waals surface area contributed by atoms with E-state index < -0.39 is 5.92 Å². The van der Waals surface area contributed by atoms with Gasteiger partial charge in [-0.3, -0.25) is 4.79 Å². The average molecular weight is 604 g/mol. The highest BCUT2D eigenvalue weighted by atomic mass is 79.9. The average Bonchev–Trinajstić information content (AvgIpc) is 2.65. The molecule has 0 saturated heterocycles. The number of ether oxygens (including phenoxy) is 1. The van der Waals surface area contributed by atoms with Crippen LogP contribution < -0.4 is 4.74 Å². The lowest BCUT2D eigenvalue weighted by molar-refractivity contribution is -0.110. The minimum absolute atomic E-state index is 0.0925. The van der Waals surface area contributed by atoms with Crippen molar-refractivity contribution in [2.45, 2.75) is 5.92 Å². The Hall–Kier alpha value is -0.200. The van der Waals surface area contributed by atoms with Crippen molar-refractivity contribution < 1.29 is 9.53 Å². The SMILES string of the molecule is O=C1C=CC2C(=C1)Oc1c(Br)cc(Br)cc1C2c1c(Cl)c(Cl)c(Cl)c(Cl)c1Cl.